The van der Waals surface area contributed by atoms with E-state index in [-0.39, 0.29) is 0 Å². The lowest BCUT2D eigenvalue weighted by Crippen LogP contribution is -1.96. The molecule has 5 nitrogen and oxygen atoms in total. The van der Waals surface area contributed by atoms with E-state index in [1.165, 1.54) is 4.70 Å². The lowest BCUT2D eigenvalue weighted by molar-refractivity contribution is 0.667. The smallest absolute Gasteiger partial charge is 0.180 e. The SMILES string of the molecule is c1ccc(-c2cc(-c3ccccc3)nc(-c3cccc4sc5cc(-c6nc(-c7ccccc7)nc7c6oc6ccccc67)ccc5c34)n2)cc1. The molecule has 0 aliphatic carbocycles. The monoisotopic (exact) mass is 658 g/mol. The van der Waals surface area contributed by atoms with E-state index in [2.05, 4.69) is 72.8 Å². The Labute approximate surface area is 291 Å². The number of aromatic nitrogens is 4. The predicted molar refractivity (Wildman–Crippen MR) is 205 cm³/mol. The fraction of sp³-hybridized carbons (Fsp3) is 0. The highest BCUT2D eigenvalue weighted by molar-refractivity contribution is 7.26. The van der Waals surface area contributed by atoms with Gasteiger partial charge in [0, 0.05) is 53.4 Å². The molecule has 0 bridgehead atoms. The maximum Gasteiger partial charge on any atom is 0.180 e. The molecule has 0 amide bonds. The van der Waals surface area contributed by atoms with E-state index in [1.807, 2.05) is 84.9 Å². The van der Waals surface area contributed by atoms with E-state index in [4.69, 9.17) is 24.4 Å². The molecule has 0 saturated carbocycles. The zero-order valence-electron chi connectivity index (χ0n) is 26.6. The number of nitrogens with zero attached hydrogens (tertiary/aromatic N) is 4. The molecule has 0 aliphatic heterocycles. The van der Waals surface area contributed by atoms with Gasteiger partial charge >= 0.3 is 0 Å². The van der Waals surface area contributed by atoms with Crippen LogP contribution in [-0.2, 0) is 0 Å². The Kier molecular flexibility index (Phi) is 6.60. The highest BCUT2D eigenvalue weighted by Gasteiger charge is 2.20. The van der Waals surface area contributed by atoms with E-state index < -0.39 is 0 Å². The standard InChI is InChI=1S/C44H26N4OS/c1-4-13-27(14-5-1)34-26-35(28-15-6-2-7-16-28)46-44(45-34)33-20-12-22-37-39(33)32-24-23-30(25-38(32)50-37)40-42-41(31-19-10-11-21-36(31)49-42)48-43(47-40)29-17-8-3-9-18-29/h1-26H. The van der Waals surface area contributed by atoms with Crippen LogP contribution in [0, 0.1) is 0 Å². The minimum absolute atomic E-state index is 0.669. The summed E-state index contributed by atoms with van der Waals surface area (Å²) in [4.78, 5) is 20.4. The number of hydrogen-bond acceptors (Lipinski definition) is 6. The van der Waals surface area contributed by atoms with Crippen LogP contribution in [0.5, 0.6) is 0 Å². The van der Waals surface area contributed by atoms with Crippen molar-refractivity contribution in [1.82, 2.24) is 19.9 Å². The molecule has 0 radical (unpaired) electrons. The quantitative estimate of drug-likeness (QED) is 0.184. The number of para-hydroxylation sites is 1. The number of furan rings is 1. The van der Waals surface area contributed by atoms with E-state index in [1.54, 1.807) is 11.3 Å². The molecule has 50 heavy (non-hydrogen) atoms. The first-order valence-corrected chi connectivity index (χ1v) is 17.3. The van der Waals surface area contributed by atoms with Crippen molar-refractivity contribution in [2.45, 2.75) is 0 Å². The highest BCUT2D eigenvalue weighted by atomic mass is 32.1. The van der Waals surface area contributed by atoms with Gasteiger partial charge in [-0.1, -0.05) is 127 Å². The molecule has 4 heterocycles. The molecule has 6 heteroatoms. The van der Waals surface area contributed by atoms with Crippen molar-refractivity contribution >= 4 is 53.6 Å². The Bertz CT molecular complexity index is 2810. The fourth-order valence-corrected chi connectivity index (χ4v) is 7.92. The number of thiophene rings is 1. The molecule has 0 fully saturated rings. The number of benzene rings is 6. The normalized spacial score (nSPS) is 11.6. The summed E-state index contributed by atoms with van der Waals surface area (Å²) in [5.41, 5.74) is 9.89. The van der Waals surface area contributed by atoms with Crippen LogP contribution in [0.25, 0.3) is 98.8 Å². The Balaban J connectivity index is 1.17. The van der Waals surface area contributed by atoms with E-state index in [9.17, 15) is 0 Å². The second kappa shape index (κ2) is 11.6. The summed E-state index contributed by atoms with van der Waals surface area (Å²) >= 11 is 1.76. The van der Waals surface area contributed by atoms with Gasteiger partial charge in [0.1, 0.15) is 16.8 Å². The van der Waals surface area contributed by atoms with Crippen LogP contribution >= 0.6 is 11.3 Å². The molecule has 0 atom stereocenters. The summed E-state index contributed by atoms with van der Waals surface area (Å²) in [5, 5.41) is 3.27. The van der Waals surface area contributed by atoms with Gasteiger partial charge in [-0.2, -0.15) is 0 Å². The van der Waals surface area contributed by atoms with Gasteiger partial charge in [0.15, 0.2) is 17.2 Å². The largest absolute Gasteiger partial charge is 0.452 e. The van der Waals surface area contributed by atoms with Crippen LogP contribution in [-0.4, -0.2) is 19.9 Å². The second-order valence-electron chi connectivity index (χ2n) is 12.2. The number of rotatable bonds is 5. The lowest BCUT2D eigenvalue weighted by atomic mass is 10.0. The summed E-state index contributed by atoms with van der Waals surface area (Å²) in [6, 6.07) is 53.8. The van der Waals surface area contributed by atoms with Crippen LogP contribution in [0.3, 0.4) is 0 Å². The zero-order chi connectivity index (χ0) is 33.0. The van der Waals surface area contributed by atoms with Crippen molar-refractivity contribution in [1.29, 1.82) is 0 Å². The molecule has 10 aromatic rings. The fourth-order valence-electron chi connectivity index (χ4n) is 6.74. The molecule has 4 aromatic heterocycles. The van der Waals surface area contributed by atoms with E-state index >= 15 is 0 Å². The molecule has 0 spiro atoms. The van der Waals surface area contributed by atoms with Gasteiger partial charge in [0.05, 0.1) is 11.4 Å². The summed E-state index contributed by atoms with van der Waals surface area (Å²) in [7, 11) is 0. The van der Waals surface area contributed by atoms with Gasteiger partial charge in [-0.15, -0.1) is 11.3 Å². The molecule has 0 N–H and O–H groups in total. The van der Waals surface area contributed by atoms with E-state index in [0.717, 1.165) is 76.9 Å². The first-order valence-electron chi connectivity index (χ1n) is 16.5. The van der Waals surface area contributed by atoms with Crippen molar-refractivity contribution in [3.63, 3.8) is 0 Å². The summed E-state index contributed by atoms with van der Waals surface area (Å²) in [6.45, 7) is 0. The second-order valence-corrected chi connectivity index (χ2v) is 13.3. The number of hydrogen-bond donors (Lipinski definition) is 0. The Morgan fingerprint density at radius 2 is 1.10 bits per heavy atom. The third-order valence-corrected chi connectivity index (χ3v) is 10.2. The minimum atomic E-state index is 0.669. The van der Waals surface area contributed by atoms with Gasteiger partial charge in [-0.3, -0.25) is 0 Å². The average Bonchev–Trinajstić information content (AvgIpc) is 3.76. The first kappa shape index (κ1) is 28.5. The van der Waals surface area contributed by atoms with E-state index in [0.29, 0.717) is 17.2 Å². The third kappa shape index (κ3) is 4.77. The Morgan fingerprint density at radius 3 is 1.82 bits per heavy atom. The van der Waals surface area contributed by atoms with Crippen molar-refractivity contribution in [2.75, 3.05) is 0 Å². The molecule has 0 unspecified atom stereocenters. The van der Waals surface area contributed by atoms with Crippen molar-refractivity contribution in [2.24, 2.45) is 0 Å². The van der Waals surface area contributed by atoms with Crippen LogP contribution in [0.15, 0.2) is 162 Å². The van der Waals surface area contributed by atoms with Gasteiger partial charge in [-0.25, -0.2) is 19.9 Å². The predicted octanol–water partition coefficient (Wildman–Crippen LogP) is 11.9. The zero-order valence-corrected chi connectivity index (χ0v) is 27.4. The molecule has 10 rings (SSSR count). The third-order valence-electron chi connectivity index (χ3n) is 9.13. The summed E-state index contributed by atoms with van der Waals surface area (Å²) in [6.07, 6.45) is 0. The minimum Gasteiger partial charge on any atom is -0.452 e. The van der Waals surface area contributed by atoms with Crippen molar-refractivity contribution in [3.8, 4) is 56.5 Å². The Hall–Kier alpha value is -6.50. The van der Waals surface area contributed by atoms with Crippen LogP contribution in [0.4, 0.5) is 0 Å². The maximum absolute atomic E-state index is 6.43. The van der Waals surface area contributed by atoms with Crippen LogP contribution < -0.4 is 0 Å². The molecule has 6 aromatic carbocycles. The Morgan fingerprint density at radius 1 is 0.440 bits per heavy atom. The van der Waals surface area contributed by atoms with Crippen molar-refractivity contribution < 1.29 is 4.42 Å². The summed E-state index contributed by atoms with van der Waals surface area (Å²) in [5.74, 6) is 1.37. The first-order chi connectivity index (χ1) is 24.8. The lowest BCUT2D eigenvalue weighted by Gasteiger charge is -2.10. The topological polar surface area (TPSA) is 64.7 Å². The van der Waals surface area contributed by atoms with Crippen LogP contribution in [0.2, 0.25) is 0 Å². The molecular weight excluding hydrogens is 633 g/mol. The van der Waals surface area contributed by atoms with Gasteiger partial charge in [-0.05, 0) is 30.3 Å². The highest BCUT2D eigenvalue weighted by Crippen LogP contribution is 2.43. The van der Waals surface area contributed by atoms with Crippen molar-refractivity contribution in [3.05, 3.63) is 158 Å². The molecule has 0 aliphatic rings. The van der Waals surface area contributed by atoms with Gasteiger partial charge in [0.2, 0.25) is 0 Å². The van der Waals surface area contributed by atoms with Gasteiger partial charge < -0.3 is 4.42 Å². The number of fused-ring (bicyclic) bond motifs is 6. The van der Waals surface area contributed by atoms with Gasteiger partial charge in [0.25, 0.3) is 0 Å². The molecular formula is C44H26N4OS. The summed E-state index contributed by atoms with van der Waals surface area (Å²) < 4.78 is 8.76. The molecule has 0 saturated heterocycles. The average molecular weight is 659 g/mol. The van der Waals surface area contributed by atoms with Crippen LogP contribution in [0.1, 0.15) is 0 Å². The maximum atomic E-state index is 6.43. The molecule has 234 valence electrons.